The van der Waals surface area contributed by atoms with Gasteiger partial charge >= 0.3 is 0 Å². The number of aliphatic carboxylic acids is 1. The Bertz CT molecular complexity index is 1190. The van der Waals surface area contributed by atoms with Crippen molar-refractivity contribution in [3.05, 3.63) is 45.0 Å². The van der Waals surface area contributed by atoms with Crippen LogP contribution in [0.3, 0.4) is 0 Å². The lowest BCUT2D eigenvalue weighted by Gasteiger charge is -2.14. The van der Waals surface area contributed by atoms with Gasteiger partial charge in [0.1, 0.15) is 0 Å². The summed E-state index contributed by atoms with van der Waals surface area (Å²) in [6, 6.07) is 6.20. The Kier molecular flexibility index (Phi) is 2.57. The Morgan fingerprint density at radius 3 is 2.52 bits per heavy atom. The van der Waals surface area contributed by atoms with E-state index in [9.17, 15) is 24.6 Å². The molecule has 2 heterocycles. The lowest BCUT2D eigenvalue weighted by atomic mass is 10.00. The van der Waals surface area contributed by atoms with Crippen molar-refractivity contribution in [2.24, 2.45) is 0 Å². The van der Waals surface area contributed by atoms with Gasteiger partial charge in [-0.05, 0) is 24.3 Å². The Labute approximate surface area is 127 Å². The standard InChI is InChI=1S/C16H10N2O5/c19-11(20)5-6-18-15(22)8-2-1-7-13-10(17-14(7)21)4-3-9(12(8)13)16(18)23/h1-4,23H,5-6H2,(H,19,20)/p-1. The maximum Gasteiger partial charge on any atom is 0.278 e. The van der Waals surface area contributed by atoms with Gasteiger partial charge in [0.25, 0.3) is 11.1 Å². The van der Waals surface area contributed by atoms with Gasteiger partial charge in [0.05, 0.1) is 10.9 Å². The average molecular weight is 309 g/mol. The summed E-state index contributed by atoms with van der Waals surface area (Å²) in [6.45, 7) is -0.194. The van der Waals surface area contributed by atoms with Gasteiger partial charge in [-0.25, -0.2) is 4.98 Å². The Morgan fingerprint density at radius 1 is 1.09 bits per heavy atom. The highest BCUT2D eigenvalue weighted by molar-refractivity contribution is 6.23. The van der Waals surface area contributed by atoms with Crippen LogP contribution in [0.5, 0.6) is 5.88 Å². The summed E-state index contributed by atoms with van der Waals surface area (Å²) in [5.74, 6) is -1.64. The van der Waals surface area contributed by atoms with Crippen LogP contribution in [0.25, 0.3) is 32.4 Å². The number of nitrogens with zero attached hydrogens (tertiary/aromatic N) is 2. The third-order valence-electron chi connectivity index (χ3n) is 4.10. The van der Waals surface area contributed by atoms with Crippen LogP contribution in [0.4, 0.5) is 0 Å². The molecule has 0 saturated heterocycles. The first-order chi connectivity index (χ1) is 11.0. The summed E-state index contributed by atoms with van der Waals surface area (Å²) < 4.78 is 1.00. The molecule has 4 aromatic rings. The van der Waals surface area contributed by atoms with Crippen molar-refractivity contribution < 1.29 is 15.0 Å². The number of hydrogen-bond acceptors (Lipinski definition) is 6. The molecule has 23 heavy (non-hydrogen) atoms. The van der Waals surface area contributed by atoms with Crippen molar-refractivity contribution in [3.63, 3.8) is 0 Å². The van der Waals surface area contributed by atoms with E-state index in [4.69, 9.17) is 0 Å². The largest absolute Gasteiger partial charge is 0.550 e. The molecular formula is C16H9N2O5-. The summed E-state index contributed by atoms with van der Waals surface area (Å²) in [4.78, 5) is 39.0. The molecule has 0 saturated carbocycles. The zero-order valence-electron chi connectivity index (χ0n) is 11.7. The Hall–Kier alpha value is -3.22. The number of rotatable bonds is 3. The fraction of sp³-hybridized carbons (Fsp3) is 0.125. The van der Waals surface area contributed by atoms with Gasteiger partial charge in [-0.2, -0.15) is 0 Å². The average Bonchev–Trinajstić information content (AvgIpc) is 2.84. The number of hydrogen-bond donors (Lipinski definition) is 1. The summed E-state index contributed by atoms with van der Waals surface area (Å²) in [7, 11) is 0. The van der Waals surface area contributed by atoms with Crippen molar-refractivity contribution in [1.29, 1.82) is 0 Å². The second kappa shape index (κ2) is 4.39. The van der Waals surface area contributed by atoms with E-state index >= 15 is 0 Å². The monoisotopic (exact) mass is 309 g/mol. The van der Waals surface area contributed by atoms with Gasteiger partial charge in [-0.3, -0.25) is 14.2 Å². The highest BCUT2D eigenvalue weighted by Gasteiger charge is 2.19. The fourth-order valence-corrected chi connectivity index (χ4v) is 3.08. The van der Waals surface area contributed by atoms with E-state index in [1.165, 1.54) is 12.1 Å². The molecule has 1 N–H and O–H groups in total. The van der Waals surface area contributed by atoms with Crippen molar-refractivity contribution in [3.8, 4) is 5.88 Å². The van der Waals surface area contributed by atoms with Gasteiger partial charge in [0.15, 0.2) is 0 Å². The van der Waals surface area contributed by atoms with Gasteiger partial charge in [0.2, 0.25) is 5.88 Å². The molecule has 7 nitrogen and oxygen atoms in total. The molecule has 0 aliphatic carbocycles. The molecular weight excluding hydrogens is 300 g/mol. The molecule has 2 aromatic heterocycles. The van der Waals surface area contributed by atoms with E-state index in [1.54, 1.807) is 12.1 Å². The minimum absolute atomic E-state index is 0.194. The van der Waals surface area contributed by atoms with Crippen LogP contribution in [0.15, 0.2) is 33.9 Å². The molecule has 0 aliphatic rings. The SMILES string of the molecule is O=C([O-])CCn1c(O)c2ccc3nc(=O)c4ccc(c1=O)c2c34. The second-order valence-electron chi connectivity index (χ2n) is 5.36. The number of pyridine rings is 1. The van der Waals surface area contributed by atoms with Crippen LogP contribution in [0, 0.1) is 0 Å². The van der Waals surface area contributed by atoms with E-state index in [-0.39, 0.29) is 18.0 Å². The first kappa shape index (κ1) is 13.4. The topological polar surface area (TPSA) is 112 Å². The van der Waals surface area contributed by atoms with Crippen LogP contribution < -0.4 is 16.2 Å². The Morgan fingerprint density at radius 2 is 1.78 bits per heavy atom. The lowest BCUT2D eigenvalue weighted by Crippen LogP contribution is -2.27. The van der Waals surface area contributed by atoms with E-state index < -0.39 is 17.9 Å². The molecule has 0 aliphatic heterocycles. The number of carboxylic acid groups (broad SMARTS) is 1. The van der Waals surface area contributed by atoms with Crippen LogP contribution in [-0.4, -0.2) is 20.6 Å². The third kappa shape index (κ3) is 1.70. The summed E-state index contributed by atoms with van der Waals surface area (Å²) in [6.07, 6.45) is -0.391. The zero-order valence-corrected chi connectivity index (χ0v) is 11.7. The molecule has 0 unspecified atom stereocenters. The number of benzene rings is 2. The van der Waals surface area contributed by atoms with E-state index in [0.29, 0.717) is 32.4 Å². The fourth-order valence-electron chi connectivity index (χ4n) is 3.08. The molecule has 4 rings (SSSR count). The van der Waals surface area contributed by atoms with Crippen molar-refractivity contribution in [2.75, 3.05) is 0 Å². The number of carbonyl (C=O) groups is 1. The summed E-state index contributed by atoms with van der Waals surface area (Å²) >= 11 is 0. The maximum absolute atomic E-state index is 12.6. The minimum Gasteiger partial charge on any atom is -0.550 e. The molecule has 114 valence electrons. The first-order valence-corrected chi connectivity index (χ1v) is 6.93. The van der Waals surface area contributed by atoms with Crippen molar-refractivity contribution in [1.82, 2.24) is 9.55 Å². The molecule has 0 fully saturated rings. The van der Waals surface area contributed by atoms with Crippen molar-refractivity contribution in [2.45, 2.75) is 13.0 Å². The van der Waals surface area contributed by atoms with Gasteiger partial charge < -0.3 is 15.0 Å². The molecule has 0 atom stereocenters. The van der Waals surface area contributed by atoms with Crippen LogP contribution in [-0.2, 0) is 11.3 Å². The van der Waals surface area contributed by atoms with Crippen LogP contribution >= 0.6 is 0 Å². The number of aromatic nitrogens is 2. The quantitative estimate of drug-likeness (QED) is 0.560. The number of carboxylic acids is 1. The Balaban J connectivity index is 2.18. The number of carbonyl (C=O) groups excluding carboxylic acids is 1. The van der Waals surface area contributed by atoms with Crippen LogP contribution in [0.1, 0.15) is 6.42 Å². The predicted octanol–water partition coefficient (Wildman–Crippen LogP) is -0.216. The second-order valence-corrected chi connectivity index (χ2v) is 5.36. The molecule has 2 aromatic carbocycles. The number of aromatic hydroxyl groups is 1. The molecule has 0 spiro atoms. The van der Waals surface area contributed by atoms with E-state index in [0.717, 1.165) is 4.57 Å². The zero-order chi connectivity index (χ0) is 16.3. The predicted molar refractivity (Wildman–Crippen MR) is 80.9 cm³/mol. The molecule has 0 radical (unpaired) electrons. The highest BCUT2D eigenvalue weighted by atomic mass is 16.4. The minimum atomic E-state index is -1.31. The lowest BCUT2D eigenvalue weighted by molar-refractivity contribution is -0.305. The molecule has 7 heteroatoms. The van der Waals surface area contributed by atoms with Gasteiger partial charge in [-0.15, -0.1) is 0 Å². The third-order valence-corrected chi connectivity index (χ3v) is 4.10. The van der Waals surface area contributed by atoms with Crippen molar-refractivity contribution >= 4 is 38.4 Å². The van der Waals surface area contributed by atoms with Crippen LogP contribution in [0.2, 0.25) is 0 Å². The molecule has 0 amide bonds. The normalized spacial score (nSPS) is 11.8. The maximum atomic E-state index is 12.6. The highest BCUT2D eigenvalue weighted by Crippen LogP contribution is 2.35. The van der Waals surface area contributed by atoms with E-state index in [1.807, 2.05) is 0 Å². The summed E-state index contributed by atoms with van der Waals surface area (Å²) in [5, 5.41) is 23.1. The van der Waals surface area contributed by atoms with E-state index in [2.05, 4.69) is 4.98 Å². The van der Waals surface area contributed by atoms with Gasteiger partial charge in [0, 0.05) is 40.5 Å². The molecule has 0 bridgehead atoms. The first-order valence-electron chi connectivity index (χ1n) is 6.93. The van der Waals surface area contributed by atoms with Gasteiger partial charge in [-0.1, -0.05) is 0 Å². The summed E-state index contributed by atoms with van der Waals surface area (Å²) in [5.41, 5.74) is -0.427. The smallest absolute Gasteiger partial charge is 0.278 e.